The molecule has 1 aromatic heterocycles. The van der Waals surface area contributed by atoms with Crippen LogP contribution in [0.4, 0.5) is 0 Å². The van der Waals surface area contributed by atoms with Gasteiger partial charge in [0.15, 0.2) is 0 Å². The van der Waals surface area contributed by atoms with Crippen LogP contribution in [0.2, 0.25) is 0 Å². The zero-order chi connectivity index (χ0) is 19.0. The van der Waals surface area contributed by atoms with E-state index in [0.29, 0.717) is 18.7 Å². The predicted molar refractivity (Wildman–Crippen MR) is 103 cm³/mol. The summed E-state index contributed by atoms with van der Waals surface area (Å²) in [5, 5.41) is 0. The molecule has 0 aliphatic carbocycles. The molecule has 5 heteroatoms. The van der Waals surface area contributed by atoms with Gasteiger partial charge in [-0.15, -0.1) is 0 Å². The van der Waals surface area contributed by atoms with Gasteiger partial charge in [-0.1, -0.05) is 19.1 Å². The minimum atomic E-state index is -0.0600. The molecule has 3 saturated heterocycles. The molecule has 0 N–H and O–H groups in total. The van der Waals surface area contributed by atoms with Crippen molar-refractivity contribution in [2.45, 2.75) is 39.2 Å². The van der Waals surface area contributed by atoms with E-state index in [9.17, 15) is 9.59 Å². The average molecular weight is 366 g/mol. The fourth-order valence-electron chi connectivity index (χ4n) is 4.32. The number of furan rings is 1. The molecule has 0 radical (unpaired) electrons. The van der Waals surface area contributed by atoms with Crippen LogP contribution in [-0.2, 0) is 4.79 Å². The van der Waals surface area contributed by atoms with Crippen molar-refractivity contribution in [1.29, 1.82) is 0 Å². The minimum Gasteiger partial charge on any atom is -0.461 e. The van der Waals surface area contributed by atoms with Crippen molar-refractivity contribution in [3.63, 3.8) is 0 Å². The summed E-state index contributed by atoms with van der Waals surface area (Å²) in [4.78, 5) is 29.8. The summed E-state index contributed by atoms with van der Waals surface area (Å²) in [7, 11) is 0. The summed E-state index contributed by atoms with van der Waals surface area (Å²) >= 11 is 0. The van der Waals surface area contributed by atoms with E-state index in [2.05, 4.69) is 6.92 Å². The van der Waals surface area contributed by atoms with Gasteiger partial charge in [0, 0.05) is 36.8 Å². The van der Waals surface area contributed by atoms with Gasteiger partial charge in [-0.3, -0.25) is 9.59 Å². The Labute approximate surface area is 159 Å². The zero-order valence-electron chi connectivity index (χ0n) is 16.0. The van der Waals surface area contributed by atoms with Crippen molar-refractivity contribution < 1.29 is 14.0 Å². The number of aryl methyl sites for hydroxylation is 1. The van der Waals surface area contributed by atoms with Crippen LogP contribution in [0, 0.1) is 12.8 Å². The number of fused-ring (bicyclic) bond motifs is 4. The van der Waals surface area contributed by atoms with Gasteiger partial charge in [0.1, 0.15) is 11.5 Å². The Hall–Kier alpha value is -2.56. The first-order valence-electron chi connectivity index (χ1n) is 9.83. The van der Waals surface area contributed by atoms with Gasteiger partial charge < -0.3 is 14.2 Å². The fraction of sp³-hybridized carbons (Fsp3) is 0.455. The molecule has 0 unspecified atom stereocenters. The van der Waals surface area contributed by atoms with Crippen molar-refractivity contribution in [2.24, 2.45) is 5.92 Å². The summed E-state index contributed by atoms with van der Waals surface area (Å²) in [5.41, 5.74) is 1.55. The van der Waals surface area contributed by atoms with Gasteiger partial charge in [0.2, 0.25) is 5.91 Å². The first-order chi connectivity index (χ1) is 13.1. The highest BCUT2D eigenvalue weighted by Gasteiger charge is 2.41. The Morgan fingerprint density at radius 2 is 2.04 bits per heavy atom. The number of nitrogens with zero attached hydrogens (tertiary/aromatic N) is 2. The molecule has 3 fully saturated rings. The summed E-state index contributed by atoms with van der Waals surface area (Å²) in [5.74, 6) is 1.78. The number of benzene rings is 1. The Kier molecular flexibility index (Phi) is 4.77. The van der Waals surface area contributed by atoms with Crippen molar-refractivity contribution in [2.75, 3.05) is 19.6 Å². The molecule has 3 aliphatic rings. The molecule has 27 heavy (non-hydrogen) atoms. The third-order valence-corrected chi connectivity index (χ3v) is 5.68. The van der Waals surface area contributed by atoms with Crippen molar-refractivity contribution in [3.8, 4) is 11.3 Å². The largest absolute Gasteiger partial charge is 0.461 e. The lowest BCUT2D eigenvalue weighted by Gasteiger charge is -2.35. The van der Waals surface area contributed by atoms with E-state index >= 15 is 0 Å². The van der Waals surface area contributed by atoms with E-state index in [1.54, 1.807) is 0 Å². The number of rotatable bonds is 4. The lowest BCUT2D eigenvalue weighted by molar-refractivity contribution is -0.139. The van der Waals surface area contributed by atoms with Crippen LogP contribution < -0.4 is 0 Å². The SMILES string of the molecule is CCCN1C(=O)[C@H]2CC[C@@H]1CN(C(=O)c1cccc(-c3ccc(C)o3)c1)C2. The highest BCUT2D eigenvalue weighted by atomic mass is 16.3. The Balaban J connectivity index is 1.57. The van der Waals surface area contributed by atoms with Gasteiger partial charge in [0.05, 0.1) is 5.92 Å². The monoisotopic (exact) mass is 366 g/mol. The number of hydrogen-bond acceptors (Lipinski definition) is 3. The van der Waals surface area contributed by atoms with Crippen molar-refractivity contribution in [1.82, 2.24) is 9.80 Å². The lowest BCUT2D eigenvalue weighted by Crippen LogP contribution is -2.48. The first kappa shape index (κ1) is 17.8. The molecule has 2 atom stereocenters. The minimum absolute atomic E-state index is 0.00294. The fourth-order valence-corrected chi connectivity index (χ4v) is 4.32. The van der Waals surface area contributed by atoms with Gasteiger partial charge in [0.25, 0.3) is 5.91 Å². The summed E-state index contributed by atoms with van der Waals surface area (Å²) in [6.45, 7) is 5.94. The average Bonchev–Trinajstić information content (AvgIpc) is 2.93. The number of carbonyl (C=O) groups is 2. The van der Waals surface area contributed by atoms with E-state index < -0.39 is 0 Å². The third-order valence-electron chi connectivity index (χ3n) is 5.68. The van der Waals surface area contributed by atoms with Gasteiger partial charge in [-0.2, -0.15) is 0 Å². The van der Waals surface area contributed by atoms with Crippen LogP contribution >= 0.6 is 0 Å². The normalized spacial score (nSPS) is 22.2. The van der Waals surface area contributed by atoms with Crippen LogP contribution in [0.5, 0.6) is 0 Å². The predicted octanol–water partition coefficient (Wildman–Crippen LogP) is 3.73. The smallest absolute Gasteiger partial charge is 0.253 e. The Morgan fingerprint density at radius 3 is 2.78 bits per heavy atom. The molecule has 2 aromatic rings. The van der Waals surface area contributed by atoms with Crippen LogP contribution in [0.3, 0.4) is 0 Å². The number of carbonyl (C=O) groups excluding carboxylic acids is 2. The van der Waals surface area contributed by atoms with Crippen LogP contribution in [0.25, 0.3) is 11.3 Å². The third kappa shape index (κ3) is 3.38. The topological polar surface area (TPSA) is 53.8 Å². The molecule has 2 bridgehead atoms. The molecule has 5 nitrogen and oxygen atoms in total. The summed E-state index contributed by atoms with van der Waals surface area (Å²) in [6.07, 6.45) is 2.83. The number of amides is 2. The summed E-state index contributed by atoms with van der Waals surface area (Å²) in [6, 6.07) is 11.6. The van der Waals surface area contributed by atoms with Crippen molar-refractivity contribution in [3.05, 3.63) is 47.7 Å². The quantitative estimate of drug-likeness (QED) is 0.828. The molecular weight excluding hydrogens is 340 g/mol. The zero-order valence-corrected chi connectivity index (χ0v) is 16.0. The molecule has 142 valence electrons. The molecular formula is C22H26N2O3. The Morgan fingerprint density at radius 1 is 1.19 bits per heavy atom. The van der Waals surface area contributed by atoms with Crippen molar-refractivity contribution >= 4 is 11.8 Å². The standard InChI is InChI=1S/C22H26N2O3/c1-3-11-24-19-9-8-18(22(24)26)13-23(14-19)21(25)17-6-4-5-16(12-17)20-10-7-15(2)27-20/h4-7,10,12,18-19H,3,8-9,11,13-14H2,1-2H3/t18-,19+/m0/s1. The molecule has 3 aliphatic heterocycles. The molecule has 0 spiro atoms. The van der Waals surface area contributed by atoms with Crippen LogP contribution in [-0.4, -0.2) is 47.3 Å². The maximum atomic E-state index is 13.2. The number of hydrogen-bond donors (Lipinski definition) is 0. The molecule has 2 amide bonds. The lowest BCUT2D eigenvalue weighted by atomic mass is 9.94. The van der Waals surface area contributed by atoms with Gasteiger partial charge in [-0.05, 0) is 50.5 Å². The maximum Gasteiger partial charge on any atom is 0.253 e. The van der Waals surface area contributed by atoms with Crippen LogP contribution in [0.15, 0.2) is 40.8 Å². The second-order valence-electron chi connectivity index (χ2n) is 7.66. The maximum absolute atomic E-state index is 13.2. The molecule has 1 aromatic carbocycles. The van der Waals surface area contributed by atoms with E-state index in [-0.39, 0.29) is 23.8 Å². The molecule has 5 rings (SSSR count). The highest BCUT2D eigenvalue weighted by Crippen LogP contribution is 2.30. The van der Waals surface area contributed by atoms with E-state index in [4.69, 9.17) is 4.42 Å². The second-order valence-corrected chi connectivity index (χ2v) is 7.66. The second kappa shape index (κ2) is 7.22. The van der Waals surface area contributed by atoms with E-state index in [1.807, 2.05) is 53.1 Å². The first-order valence-corrected chi connectivity index (χ1v) is 9.83. The highest BCUT2D eigenvalue weighted by molar-refractivity contribution is 5.96. The Bertz CT molecular complexity index is 857. The summed E-state index contributed by atoms with van der Waals surface area (Å²) < 4.78 is 5.69. The van der Waals surface area contributed by atoms with Gasteiger partial charge in [-0.25, -0.2) is 0 Å². The van der Waals surface area contributed by atoms with E-state index in [0.717, 1.165) is 42.9 Å². The number of piperidine rings is 1. The van der Waals surface area contributed by atoms with E-state index in [1.165, 1.54) is 0 Å². The van der Waals surface area contributed by atoms with Crippen LogP contribution in [0.1, 0.15) is 42.3 Å². The molecule has 4 heterocycles. The molecule has 0 saturated carbocycles. The van der Waals surface area contributed by atoms with Gasteiger partial charge >= 0.3 is 0 Å².